The summed E-state index contributed by atoms with van der Waals surface area (Å²) < 4.78 is 7.04. The molecule has 0 saturated carbocycles. The van der Waals surface area contributed by atoms with Gasteiger partial charge in [0, 0.05) is 19.5 Å². The molecule has 1 fully saturated rings. The van der Waals surface area contributed by atoms with Crippen molar-refractivity contribution < 1.29 is 9.53 Å². The van der Waals surface area contributed by atoms with Gasteiger partial charge in [0.1, 0.15) is 17.9 Å². The summed E-state index contributed by atoms with van der Waals surface area (Å²) in [5.41, 5.74) is 1.11. The molecule has 0 bridgehead atoms. The fourth-order valence-corrected chi connectivity index (χ4v) is 3.02. The Balaban J connectivity index is 1.73. The van der Waals surface area contributed by atoms with Gasteiger partial charge in [-0.25, -0.2) is 9.67 Å². The molecule has 128 valence electrons. The van der Waals surface area contributed by atoms with Crippen molar-refractivity contribution in [2.24, 2.45) is 0 Å². The van der Waals surface area contributed by atoms with Crippen molar-refractivity contribution in [1.29, 1.82) is 0 Å². The Bertz CT molecular complexity index is 683. The molecule has 0 spiro atoms. The first kappa shape index (κ1) is 16.4. The van der Waals surface area contributed by atoms with Gasteiger partial charge in [-0.2, -0.15) is 5.10 Å². The van der Waals surface area contributed by atoms with Crippen molar-refractivity contribution in [1.82, 2.24) is 25.0 Å². The van der Waals surface area contributed by atoms with E-state index in [2.05, 4.69) is 27.2 Å². The Labute approximate surface area is 141 Å². The van der Waals surface area contributed by atoms with E-state index in [1.165, 1.54) is 0 Å². The molecule has 2 aromatic rings. The summed E-state index contributed by atoms with van der Waals surface area (Å²) in [5, 5.41) is 7.26. The number of piperazine rings is 1. The molecule has 0 radical (unpaired) electrons. The van der Waals surface area contributed by atoms with Gasteiger partial charge in [-0.05, 0) is 24.2 Å². The maximum Gasteiger partial charge on any atom is 0.237 e. The highest BCUT2D eigenvalue weighted by Crippen LogP contribution is 2.14. The summed E-state index contributed by atoms with van der Waals surface area (Å²) in [6.07, 6.45) is 2.12. The number of amides is 1. The van der Waals surface area contributed by atoms with E-state index in [0.29, 0.717) is 19.5 Å². The van der Waals surface area contributed by atoms with E-state index in [1.807, 2.05) is 28.9 Å². The number of aromatic nitrogens is 3. The molecule has 1 saturated heterocycles. The van der Waals surface area contributed by atoms with Crippen LogP contribution in [0.5, 0.6) is 5.75 Å². The van der Waals surface area contributed by atoms with E-state index < -0.39 is 0 Å². The molecule has 1 amide bonds. The molecule has 7 nitrogen and oxygen atoms in total. The highest BCUT2D eigenvalue weighted by Gasteiger charge is 2.30. The first-order chi connectivity index (χ1) is 11.7. The summed E-state index contributed by atoms with van der Waals surface area (Å²) in [7, 11) is 1.65. The largest absolute Gasteiger partial charge is 0.497 e. The third kappa shape index (κ3) is 3.56. The summed E-state index contributed by atoms with van der Waals surface area (Å²) in [4.78, 5) is 18.8. The van der Waals surface area contributed by atoms with Crippen LogP contribution in [0.2, 0.25) is 0 Å². The van der Waals surface area contributed by atoms with Crippen LogP contribution >= 0.6 is 0 Å². The van der Waals surface area contributed by atoms with Gasteiger partial charge in [-0.15, -0.1) is 0 Å². The quantitative estimate of drug-likeness (QED) is 0.844. The lowest BCUT2D eigenvalue weighted by molar-refractivity contribution is -0.128. The van der Waals surface area contributed by atoms with Crippen molar-refractivity contribution in [3.05, 3.63) is 42.0 Å². The number of ether oxygens (including phenoxy) is 1. The number of hydrogen-bond donors (Lipinski definition) is 1. The Morgan fingerprint density at radius 3 is 2.83 bits per heavy atom. The van der Waals surface area contributed by atoms with Gasteiger partial charge in [0.25, 0.3) is 0 Å². The van der Waals surface area contributed by atoms with Crippen LogP contribution in [0.15, 0.2) is 30.6 Å². The van der Waals surface area contributed by atoms with E-state index in [0.717, 1.165) is 30.2 Å². The summed E-state index contributed by atoms with van der Waals surface area (Å²) in [6, 6.07) is 7.70. The minimum absolute atomic E-state index is 0.0714. The number of nitrogens with zero attached hydrogens (tertiary/aromatic N) is 4. The molecular weight excluding hydrogens is 306 g/mol. The highest BCUT2D eigenvalue weighted by atomic mass is 16.5. The number of hydrogen-bond acceptors (Lipinski definition) is 5. The normalized spacial score (nSPS) is 18.4. The zero-order valence-corrected chi connectivity index (χ0v) is 14.1. The molecule has 1 aliphatic heterocycles. The molecule has 7 heteroatoms. The number of carbonyl (C=O) groups excluding carboxylic acids is 1. The first-order valence-electron chi connectivity index (χ1n) is 8.22. The number of likely N-dealkylation sites (N-methyl/N-ethyl adjacent to an activating group) is 1. The average molecular weight is 329 g/mol. The van der Waals surface area contributed by atoms with Crippen LogP contribution in [0.25, 0.3) is 0 Å². The molecule has 2 heterocycles. The Morgan fingerprint density at radius 2 is 2.12 bits per heavy atom. The predicted molar refractivity (Wildman–Crippen MR) is 89.9 cm³/mol. The maximum absolute atomic E-state index is 12.2. The molecule has 1 unspecified atom stereocenters. The first-order valence-corrected chi connectivity index (χ1v) is 8.22. The van der Waals surface area contributed by atoms with Gasteiger partial charge in [0.2, 0.25) is 5.91 Å². The zero-order valence-electron chi connectivity index (χ0n) is 14.1. The molecule has 0 aliphatic carbocycles. The molecular formula is C17H23N5O2. The van der Waals surface area contributed by atoms with Crippen molar-refractivity contribution in [2.75, 3.05) is 26.7 Å². The fraction of sp³-hybridized carbons (Fsp3) is 0.471. The van der Waals surface area contributed by atoms with Crippen LogP contribution in [-0.2, 0) is 17.8 Å². The standard InChI is InChI=1S/C17H23N5O2/c1-3-21-9-8-18-17(23)15(21)10-16-19-12-20-22(16)11-13-4-6-14(24-2)7-5-13/h4-7,12,15H,3,8-11H2,1-2H3,(H,18,23). The summed E-state index contributed by atoms with van der Waals surface area (Å²) >= 11 is 0. The lowest BCUT2D eigenvalue weighted by Crippen LogP contribution is -2.56. The summed E-state index contributed by atoms with van der Waals surface area (Å²) in [6.45, 7) is 5.14. The number of methoxy groups -OCH3 is 1. The van der Waals surface area contributed by atoms with Crippen LogP contribution in [0.1, 0.15) is 18.3 Å². The molecule has 1 aromatic carbocycles. The SMILES string of the molecule is CCN1CCNC(=O)C1Cc1ncnn1Cc1ccc(OC)cc1. The maximum atomic E-state index is 12.2. The van der Waals surface area contributed by atoms with Crippen molar-refractivity contribution >= 4 is 5.91 Å². The fourth-order valence-electron chi connectivity index (χ4n) is 3.02. The minimum Gasteiger partial charge on any atom is -0.497 e. The van der Waals surface area contributed by atoms with E-state index in [4.69, 9.17) is 4.74 Å². The second kappa shape index (κ2) is 7.44. The number of benzene rings is 1. The Kier molecular flexibility index (Phi) is 5.10. The monoisotopic (exact) mass is 329 g/mol. The van der Waals surface area contributed by atoms with E-state index in [9.17, 15) is 4.79 Å². The van der Waals surface area contributed by atoms with Crippen LogP contribution in [0, 0.1) is 0 Å². The predicted octanol–water partition coefficient (Wildman–Crippen LogP) is 0.698. The second-order valence-electron chi connectivity index (χ2n) is 5.82. The molecule has 24 heavy (non-hydrogen) atoms. The van der Waals surface area contributed by atoms with E-state index in [1.54, 1.807) is 13.4 Å². The van der Waals surface area contributed by atoms with Crippen LogP contribution in [0.4, 0.5) is 0 Å². The molecule has 1 aliphatic rings. The number of carbonyl (C=O) groups is 1. The van der Waals surface area contributed by atoms with Gasteiger partial charge in [-0.1, -0.05) is 19.1 Å². The van der Waals surface area contributed by atoms with Gasteiger partial charge in [0.15, 0.2) is 0 Å². The van der Waals surface area contributed by atoms with E-state index in [-0.39, 0.29) is 11.9 Å². The van der Waals surface area contributed by atoms with Crippen molar-refractivity contribution in [3.8, 4) is 5.75 Å². The van der Waals surface area contributed by atoms with E-state index >= 15 is 0 Å². The lowest BCUT2D eigenvalue weighted by atomic mass is 10.1. The Morgan fingerprint density at radius 1 is 1.33 bits per heavy atom. The molecule has 1 N–H and O–H groups in total. The van der Waals surface area contributed by atoms with Crippen molar-refractivity contribution in [3.63, 3.8) is 0 Å². The van der Waals surface area contributed by atoms with Gasteiger partial charge < -0.3 is 10.1 Å². The van der Waals surface area contributed by atoms with Crippen LogP contribution < -0.4 is 10.1 Å². The second-order valence-corrected chi connectivity index (χ2v) is 5.82. The third-order valence-electron chi connectivity index (χ3n) is 4.41. The van der Waals surface area contributed by atoms with Crippen LogP contribution in [-0.4, -0.2) is 58.4 Å². The van der Waals surface area contributed by atoms with Crippen LogP contribution in [0.3, 0.4) is 0 Å². The number of rotatable bonds is 6. The average Bonchev–Trinajstić information content (AvgIpc) is 3.04. The van der Waals surface area contributed by atoms with Crippen molar-refractivity contribution in [2.45, 2.75) is 25.9 Å². The Hall–Kier alpha value is -2.41. The minimum atomic E-state index is -0.178. The molecule has 3 rings (SSSR count). The van der Waals surface area contributed by atoms with Gasteiger partial charge >= 0.3 is 0 Å². The molecule has 1 atom stereocenters. The third-order valence-corrected chi connectivity index (χ3v) is 4.41. The molecule has 1 aromatic heterocycles. The highest BCUT2D eigenvalue weighted by molar-refractivity contribution is 5.82. The van der Waals surface area contributed by atoms with Gasteiger partial charge in [-0.3, -0.25) is 9.69 Å². The smallest absolute Gasteiger partial charge is 0.237 e. The zero-order chi connectivity index (χ0) is 16.9. The summed E-state index contributed by atoms with van der Waals surface area (Å²) in [5.74, 6) is 1.73. The lowest BCUT2D eigenvalue weighted by Gasteiger charge is -2.33. The van der Waals surface area contributed by atoms with Gasteiger partial charge in [0.05, 0.1) is 19.7 Å². The topological polar surface area (TPSA) is 72.3 Å². The number of nitrogens with one attached hydrogen (secondary N) is 1.